The van der Waals surface area contributed by atoms with E-state index in [1.807, 2.05) is 25.1 Å². The third-order valence-corrected chi connectivity index (χ3v) is 5.86. The lowest BCUT2D eigenvalue weighted by atomic mass is 10.1. The van der Waals surface area contributed by atoms with Crippen molar-refractivity contribution in [3.8, 4) is 0 Å². The number of aryl methyl sites for hydroxylation is 1. The van der Waals surface area contributed by atoms with Crippen molar-refractivity contribution in [2.24, 2.45) is 0 Å². The predicted molar refractivity (Wildman–Crippen MR) is 112 cm³/mol. The van der Waals surface area contributed by atoms with Crippen molar-refractivity contribution in [3.05, 3.63) is 57.3 Å². The third-order valence-electron chi connectivity index (χ3n) is 4.86. The van der Waals surface area contributed by atoms with Crippen LogP contribution in [0.4, 0.5) is 0 Å². The van der Waals surface area contributed by atoms with Crippen molar-refractivity contribution < 1.29 is 9.59 Å². The molecule has 0 unspecified atom stereocenters. The van der Waals surface area contributed by atoms with Crippen LogP contribution in [0.25, 0.3) is 0 Å². The van der Waals surface area contributed by atoms with Crippen LogP contribution < -0.4 is 10.6 Å². The fourth-order valence-electron chi connectivity index (χ4n) is 3.17. The minimum Gasteiger partial charge on any atom is -0.350 e. The molecule has 0 atom stereocenters. The molecular weight excluding hydrogens is 372 g/mol. The first kappa shape index (κ1) is 20.5. The van der Waals surface area contributed by atoms with E-state index in [0.717, 1.165) is 43.2 Å². The Morgan fingerprint density at radius 2 is 1.79 bits per heavy atom. The van der Waals surface area contributed by atoms with E-state index in [1.54, 1.807) is 6.07 Å². The minimum atomic E-state index is -0.206. The third kappa shape index (κ3) is 6.15. The van der Waals surface area contributed by atoms with Crippen LogP contribution >= 0.6 is 11.3 Å². The van der Waals surface area contributed by atoms with Gasteiger partial charge in [-0.1, -0.05) is 24.3 Å². The fraction of sp³-hybridized carbons (Fsp3) is 0.429. The first-order valence-electron chi connectivity index (χ1n) is 9.59. The zero-order valence-corrected chi connectivity index (χ0v) is 17.3. The summed E-state index contributed by atoms with van der Waals surface area (Å²) < 4.78 is 0. The Balaban J connectivity index is 1.42. The Morgan fingerprint density at radius 3 is 2.50 bits per heavy atom. The van der Waals surface area contributed by atoms with E-state index in [1.165, 1.54) is 16.9 Å². The first-order valence-corrected chi connectivity index (χ1v) is 10.4. The van der Waals surface area contributed by atoms with Gasteiger partial charge in [-0.15, -0.1) is 11.3 Å². The largest absolute Gasteiger partial charge is 0.350 e. The van der Waals surface area contributed by atoms with E-state index in [-0.39, 0.29) is 18.4 Å². The van der Waals surface area contributed by atoms with Gasteiger partial charge in [0.1, 0.15) is 0 Å². The summed E-state index contributed by atoms with van der Waals surface area (Å²) in [6.45, 7) is 7.71. The number of benzene rings is 1. The number of hydrogen-bond acceptors (Lipinski definition) is 5. The molecule has 2 N–H and O–H groups in total. The van der Waals surface area contributed by atoms with Crippen LogP contribution in [0.2, 0.25) is 0 Å². The monoisotopic (exact) mass is 400 g/mol. The lowest BCUT2D eigenvalue weighted by Gasteiger charge is -2.32. The fourth-order valence-corrected chi connectivity index (χ4v) is 3.95. The number of piperazine rings is 1. The van der Waals surface area contributed by atoms with E-state index >= 15 is 0 Å². The molecule has 1 fully saturated rings. The average molecular weight is 401 g/mol. The zero-order chi connectivity index (χ0) is 19.9. The molecule has 0 aliphatic carbocycles. The molecule has 1 aromatic heterocycles. The topological polar surface area (TPSA) is 64.7 Å². The summed E-state index contributed by atoms with van der Waals surface area (Å²) in [6, 6.07) is 12.0. The van der Waals surface area contributed by atoms with E-state index < -0.39 is 0 Å². The Kier molecular flexibility index (Phi) is 7.19. The number of nitrogens with one attached hydrogen (secondary N) is 2. The second kappa shape index (κ2) is 9.82. The number of carbonyl (C=O) groups is 2. The highest BCUT2D eigenvalue weighted by atomic mass is 32.1. The Hall–Kier alpha value is -2.22. The van der Waals surface area contributed by atoms with Gasteiger partial charge in [-0.2, -0.15) is 0 Å². The number of amides is 2. The molecule has 2 heterocycles. The van der Waals surface area contributed by atoms with Crippen LogP contribution in [0, 0.1) is 6.92 Å². The maximum absolute atomic E-state index is 12.1. The van der Waals surface area contributed by atoms with Gasteiger partial charge in [0.05, 0.1) is 11.4 Å². The van der Waals surface area contributed by atoms with E-state index in [0.29, 0.717) is 11.4 Å². The van der Waals surface area contributed by atoms with Crippen molar-refractivity contribution in [1.82, 2.24) is 20.4 Å². The van der Waals surface area contributed by atoms with Crippen LogP contribution in [0.5, 0.6) is 0 Å². The number of carbonyl (C=O) groups excluding carboxylic acids is 2. The van der Waals surface area contributed by atoms with Crippen LogP contribution in [0.15, 0.2) is 36.4 Å². The average Bonchev–Trinajstić information content (AvgIpc) is 3.13. The Morgan fingerprint density at radius 1 is 1.04 bits per heavy atom. The predicted octanol–water partition coefficient (Wildman–Crippen LogP) is 1.85. The SMILES string of the molecule is Cc1ccc(C(=O)NCC(=O)NCc2cccc(CN3CCN(C)CC3)c2)s1. The summed E-state index contributed by atoms with van der Waals surface area (Å²) in [6.07, 6.45) is 0. The highest BCUT2D eigenvalue weighted by Gasteiger charge is 2.14. The van der Waals surface area contributed by atoms with Gasteiger partial charge in [0.25, 0.3) is 5.91 Å². The molecule has 1 saturated heterocycles. The minimum absolute atomic E-state index is 0.0171. The van der Waals surface area contributed by atoms with Crippen LogP contribution in [-0.4, -0.2) is 61.4 Å². The highest BCUT2D eigenvalue weighted by molar-refractivity contribution is 7.13. The summed E-state index contributed by atoms with van der Waals surface area (Å²) in [7, 11) is 2.16. The van der Waals surface area contributed by atoms with Crippen molar-refractivity contribution in [3.63, 3.8) is 0 Å². The maximum Gasteiger partial charge on any atom is 0.261 e. The van der Waals surface area contributed by atoms with Gasteiger partial charge in [0.2, 0.25) is 5.91 Å². The highest BCUT2D eigenvalue weighted by Crippen LogP contribution is 2.14. The molecule has 2 amide bonds. The van der Waals surface area contributed by atoms with Crippen molar-refractivity contribution in [2.75, 3.05) is 39.8 Å². The van der Waals surface area contributed by atoms with E-state index in [2.05, 4.69) is 39.6 Å². The van der Waals surface area contributed by atoms with E-state index in [9.17, 15) is 9.59 Å². The quantitative estimate of drug-likeness (QED) is 0.745. The number of hydrogen-bond donors (Lipinski definition) is 2. The van der Waals surface area contributed by atoms with Crippen molar-refractivity contribution in [1.29, 1.82) is 0 Å². The van der Waals surface area contributed by atoms with Gasteiger partial charge in [0.15, 0.2) is 0 Å². The molecule has 150 valence electrons. The molecule has 0 bridgehead atoms. The smallest absolute Gasteiger partial charge is 0.261 e. The molecule has 6 nitrogen and oxygen atoms in total. The van der Waals surface area contributed by atoms with Gasteiger partial charge in [-0.3, -0.25) is 14.5 Å². The summed E-state index contributed by atoms with van der Waals surface area (Å²) in [5, 5.41) is 5.54. The Labute approximate surface area is 170 Å². The second-order valence-electron chi connectivity index (χ2n) is 7.27. The number of likely N-dealkylation sites (N-methyl/N-ethyl adjacent to an activating group) is 1. The van der Waals surface area contributed by atoms with Crippen LogP contribution in [0.1, 0.15) is 25.7 Å². The Bertz CT molecular complexity index is 812. The van der Waals surface area contributed by atoms with Gasteiger partial charge in [-0.05, 0) is 37.2 Å². The van der Waals surface area contributed by atoms with Gasteiger partial charge >= 0.3 is 0 Å². The van der Waals surface area contributed by atoms with Crippen molar-refractivity contribution >= 4 is 23.2 Å². The summed E-state index contributed by atoms with van der Waals surface area (Å²) in [4.78, 5) is 30.6. The standard InChI is InChI=1S/C21H28N4O2S/c1-16-6-7-19(28-16)21(27)23-14-20(26)22-13-17-4-3-5-18(12-17)15-25-10-8-24(2)9-11-25/h3-7,12H,8-11,13-15H2,1-2H3,(H,22,26)(H,23,27). The van der Waals surface area contributed by atoms with Crippen LogP contribution in [0.3, 0.4) is 0 Å². The molecule has 0 saturated carbocycles. The van der Waals surface area contributed by atoms with Gasteiger partial charge < -0.3 is 15.5 Å². The lowest BCUT2D eigenvalue weighted by molar-refractivity contribution is -0.120. The zero-order valence-electron chi connectivity index (χ0n) is 16.5. The number of nitrogens with zero attached hydrogens (tertiary/aromatic N) is 2. The maximum atomic E-state index is 12.1. The van der Waals surface area contributed by atoms with Crippen LogP contribution in [-0.2, 0) is 17.9 Å². The number of rotatable bonds is 7. The van der Waals surface area contributed by atoms with E-state index in [4.69, 9.17) is 0 Å². The lowest BCUT2D eigenvalue weighted by Crippen LogP contribution is -2.43. The second-order valence-corrected chi connectivity index (χ2v) is 8.56. The molecule has 0 spiro atoms. The number of thiophene rings is 1. The summed E-state index contributed by atoms with van der Waals surface area (Å²) >= 11 is 1.42. The van der Waals surface area contributed by atoms with Crippen molar-refractivity contribution in [2.45, 2.75) is 20.0 Å². The van der Waals surface area contributed by atoms with Gasteiger partial charge in [-0.25, -0.2) is 0 Å². The molecule has 1 aliphatic heterocycles. The molecule has 28 heavy (non-hydrogen) atoms. The molecule has 1 aliphatic rings. The molecule has 2 aromatic rings. The molecular formula is C21H28N4O2S. The summed E-state index contributed by atoms with van der Waals surface area (Å²) in [5.74, 6) is -0.395. The first-order chi connectivity index (χ1) is 13.5. The molecule has 0 radical (unpaired) electrons. The van der Waals surface area contributed by atoms with Gasteiger partial charge in [0, 0.05) is 44.1 Å². The molecule has 7 heteroatoms. The normalized spacial score (nSPS) is 15.4. The molecule has 3 rings (SSSR count). The molecule has 1 aromatic carbocycles. The summed E-state index contributed by atoms with van der Waals surface area (Å²) in [5.41, 5.74) is 2.33.